The Morgan fingerprint density at radius 2 is 2.24 bits per heavy atom. The van der Waals surface area contributed by atoms with Crippen LogP contribution in [0.1, 0.15) is 12.5 Å². The van der Waals surface area contributed by atoms with Crippen molar-refractivity contribution in [2.24, 2.45) is 0 Å². The van der Waals surface area contributed by atoms with E-state index in [0.717, 1.165) is 13.2 Å². The van der Waals surface area contributed by atoms with Crippen molar-refractivity contribution in [2.75, 3.05) is 26.3 Å². The highest BCUT2D eigenvalue weighted by Gasteiger charge is 2.25. The molecule has 0 aliphatic carbocycles. The van der Waals surface area contributed by atoms with Crippen LogP contribution in [-0.4, -0.2) is 42.5 Å². The van der Waals surface area contributed by atoms with Gasteiger partial charge in [-0.3, -0.25) is 4.90 Å². The topological polar surface area (TPSA) is 32.7 Å². The Kier molecular flexibility index (Phi) is 4.31. The second kappa shape index (κ2) is 5.96. The smallest absolute Gasteiger partial charge is 0.133 e. The van der Waals surface area contributed by atoms with Gasteiger partial charge in [0.1, 0.15) is 6.23 Å². The molecule has 1 aliphatic rings. The number of aliphatic hydroxyl groups excluding tert-OH is 1. The summed E-state index contributed by atoms with van der Waals surface area (Å²) in [4.78, 5) is 2.16. The standard InChI is InChI=1S/C14H19NO2/c1-12(11-13-5-3-2-4-6-13)14-15(7-9-16)8-10-17-14/h2-6,11,14,16H,7-10H2,1H3/b12-11-. The number of benzene rings is 1. The molecule has 1 fully saturated rings. The van der Waals surface area contributed by atoms with Crippen LogP contribution in [0.5, 0.6) is 0 Å². The van der Waals surface area contributed by atoms with E-state index in [2.05, 4.69) is 30.0 Å². The maximum atomic E-state index is 9.00. The molecule has 0 radical (unpaired) electrons. The van der Waals surface area contributed by atoms with Crippen LogP contribution >= 0.6 is 0 Å². The number of aliphatic hydroxyl groups is 1. The van der Waals surface area contributed by atoms with Crippen molar-refractivity contribution in [2.45, 2.75) is 13.2 Å². The average molecular weight is 233 g/mol. The summed E-state index contributed by atoms with van der Waals surface area (Å²) < 4.78 is 5.70. The number of hydrogen-bond donors (Lipinski definition) is 1. The van der Waals surface area contributed by atoms with Crippen molar-refractivity contribution in [1.29, 1.82) is 0 Å². The Balaban J connectivity index is 2.08. The number of ether oxygens (including phenoxy) is 1. The van der Waals surface area contributed by atoms with E-state index in [1.165, 1.54) is 11.1 Å². The fourth-order valence-corrected chi connectivity index (χ4v) is 2.16. The van der Waals surface area contributed by atoms with Gasteiger partial charge in [0.05, 0.1) is 13.2 Å². The highest BCUT2D eigenvalue weighted by atomic mass is 16.5. The zero-order chi connectivity index (χ0) is 12.1. The summed E-state index contributed by atoms with van der Waals surface area (Å²) in [5.74, 6) is 0. The van der Waals surface area contributed by atoms with Gasteiger partial charge in [0.25, 0.3) is 0 Å². The maximum absolute atomic E-state index is 9.00. The third-order valence-corrected chi connectivity index (χ3v) is 2.96. The van der Waals surface area contributed by atoms with Crippen LogP contribution in [0.3, 0.4) is 0 Å². The third kappa shape index (κ3) is 3.16. The van der Waals surface area contributed by atoms with Gasteiger partial charge in [-0.25, -0.2) is 0 Å². The van der Waals surface area contributed by atoms with Crippen LogP contribution in [0.4, 0.5) is 0 Å². The van der Waals surface area contributed by atoms with Gasteiger partial charge in [-0.2, -0.15) is 0 Å². The summed E-state index contributed by atoms with van der Waals surface area (Å²) >= 11 is 0. The molecule has 1 heterocycles. The Bertz CT molecular complexity index is 375. The van der Waals surface area contributed by atoms with Crippen molar-refractivity contribution in [3.05, 3.63) is 41.5 Å². The van der Waals surface area contributed by atoms with Gasteiger partial charge in [0.2, 0.25) is 0 Å². The van der Waals surface area contributed by atoms with Crippen LogP contribution in [-0.2, 0) is 4.74 Å². The van der Waals surface area contributed by atoms with Crippen molar-refractivity contribution < 1.29 is 9.84 Å². The molecule has 1 saturated heterocycles. The van der Waals surface area contributed by atoms with E-state index in [9.17, 15) is 0 Å². The first-order valence-corrected chi connectivity index (χ1v) is 6.01. The number of hydrogen-bond acceptors (Lipinski definition) is 3. The predicted molar refractivity (Wildman–Crippen MR) is 68.5 cm³/mol. The van der Waals surface area contributed by atoms with Gasteiger partial charge in [0, 0.05) is 13.1 Å². The minimum atomic E-state index is 0.0161. The lowest BCUT2D eigenvalue weighted by Gasteiger charge is -2.22. The molecule has 1 aliphatic heterocycles. The summed E-state index contributed by atoms with van der Waals surface area (Å²) in [7, 11) is 0. The first-order valence-electron chi connectivity index (χ1n) is 6.01. The SMILES string of the molecule is C/C(=C/c1ccccc1)C1OCCN1CCO. The van der Waals surface area contributed by atoms with Crippen molar-refractivity contribution >= 4 is 6.08 Å². The van der Waals surface area contributed by atoms with Crippen LogP contribution < -0.4 is 0 Å². The summed E-state index contributed by atoms with van der Waals surface area (Å²) in [6, 6.07) is 10.2. The molecular weight excluding hydrogens is 214 g/mol. The maximum Gasteiger partial charge on any atom is 0.133 e. The van der Waals surface area contributed by atoms with E-state index in [0.29, 0.717) is 6.54 Å². The Labute approximate surface area is 102 Å². The Morgan fingerprint density at radius 1 is 1.47 bits per heavy atom. The van der Waals surface area contributed by atoms with Gasteiger partial charge in [0.15, 0.2) is 0 Å². The molecule has 0 aromatic heterocycles. The lowest BCUT2D eigenvalue weighted by atomic mass is 10.1. The van der Waals surface area contributed by atoms with E-state index in [4.69, 9.17) is 9.84 Å². The highest BCUT2D eigenvalue weighted by Crippen LogP contribution is 2.19. The van der Waals surface area contributed by atoms with Gasteiger partial charge < -0.3 is 9.84 Å². The van der Waals surface area contributed by atoms with Crippen molar-refractivity contribution in [1.82, 2.24) is 4.90 Å². The van der Waals surface area contributed by atoms with E-state index < -0.39 is 0 Å². The Morgan fingerprint density at radius 3 is 2.94 bits per heavy atom. The predicted octanol–water partition coefficient (Wildman–Crippen LogP) is 1.74. The average Bonchev–Trinajstić information content (AvgIpc) is 2.79. The molecule has 92 valence electrons. The Hall–Kier alpha value is -1.16. The fourth-order valence-electron chi connectivity index (χ4n) is 2.16. The first kappa shape index (κ1) is 12.3. The zero-order valence-corrected chi connectivity index (χ0v) is 10.2. The van der Waals surface area contributed by atoms with E-state index in [1.807, 2.05) is 18.2 Å². The molecule has 17 heavy (non-hydrogen) atoms. The second-order valence-corrected chi connectivity index (χ2v) is 4.28. The van der Waals surface area contributed by atoms with Crippen molar-refractivity contribution in [3.8, 4) is 0 Å². The normalized spacial score (nSPS) is 22.0. The number of rotatable bonds is 4. The monoisotopic (exact) mass is 233 g/mol. The van der Waals surface area contributed by atoms with Crippen LogP contribution in [0.25, 0.3) is 6.08 Å². The molecule has 2 rings (SSSR count). The zero-order valence-electron chi connectivity index (χ0n) is 10.2. The lowest BCUT2D eigenvalue weighted by Crippen LogP contribution is -2.33. The molecule has 1 atom stereocenters. The van der Waals surface area contributed by atoms with Gasteiger partial charge in [-0.05, 0) is 18.1 Å². The second-order valence-electron chi connectivity index (χ2n) is 4.28. The molecule has 1 N–H and O–H groups in total. The molecular formula is C14H19NO2. The molecule has 0 bridgehead atoms. The molecule has 1 aromatic carbocycles. The fraction of sp³-hybridized carbons (Fsp3) is 0.429. The van der Waals surface area contributed by atoms with Crippen LogP contribution in [0.2, 0.25) is 0 Å². The number of nitrogens with zero attached hydrogens (tertiary/aromatic N) is 1. The molecule has 0 spiro atoms. The van der Waals surface area contributed by atoms with Crippen LogP contribution in [0.15, 0.2) is 35.9 Å². The van der Waals surface area contributed by atoms with E-state index >= 15 is 0 Å². The molecule has 1 aromatic rings. The third-order valence-electron chi connectivity index (χ3n) is 2.96. The molecule has 1 unspecified atom stereocenters. The van der Waals surface area contributed by atoms with E-state index in [-0.39, 0.29) is 12.8 Å². The molecule has 3 heteroatoms. The lowest BCUT2D eigenvalue weighted by molar-refractivity contribution is 0.0557. The summed E-state index contributed by atoms with van der Waals surface area (Å²) in [6.45, 7) is 4.56. The number of β-amino-alcohol motifs (C(OH)–C–C–N with tert-alkyl or cyclic N) is 1. The summed E-state index contributed by atoms with van der Waals surface area (Å²) in [5, 5.41) is 9.00. The minimum Gasteiger partial charge on any atom is -0.395 e. The minimum absolute atomic E-state index is 0.0161. The van der Waals surface area contributed by atoms with Crippen LogP contribution in [0, 0.1) is 0 Å². The van der Waals surface area contributed by atoms with Crippen molar-refractivity contribution in [3.63, 3.8) is 0 Å². The molecule has 0 saturated carbocycles. The summed E-state index contributed by atoms with van der Waals surface area (Å²) in [5.41, 5.74) is 2.37. The summed E-state index contributed by atoms with van der Waals surface area (Å²) in [6.07, 6.45) is 2.16. The highest BCUT2D eigenvalue weighted by molar-refractivity contribution is 5.53. The quantitative estimate of drug-likeness (QED) is 0.860. The van der Waals surface area contributed by atoms with E-state index in [1.54, 1.807) is 0 Å². The molecule has 0 amide bonds. The molecule has 3 nitrogen and oxygen atoms in total. The van der Waals surface area contributed by atoms with Gasteiger partial charge in [-0.15, -0.1) is 0 Å². The first-order chi connectivity index (χ1) is 8.31. The van der Waals surface area contributed by atoms with Gasteiger partial charge >= 0.3 is 0 Å². The van der Waals surface area contributed by atoms with Gasteiger partial charge in [-0.1, -0.05) is 36.4 Å². The largest absolute Gasteiger partial charge is 0.395 e.